The second kappa shape index (κ2) is 36.0. The van der Waals surface area contributed by atoms with E-state index in [1.807, 2.05) is 36.4 Å². The van der Waals surface area contributed by atoms with Crippen LogP contribution in [0.15, 0.2) is 96.0 Å². The largest absolute Gasteiger partial charge is 0.508 e. The van der Waals surface area contributed by atoms with Crippen molar-refractivity contribution in [2.24, 2.45) is 28.1 Å². The molecule has 0 bridgehead atoms. The van der Waals surface area contributed by atoms with Crippen molar-refractivity contribution in [2.75, 3.05) is 26.2 Å². The van der Waals surface area contributed by atoms with Gasteiger partial charge in [-0.1, -0.05) is 92.2 Å². The molecule has 2 aliphatic heterocycles. The molecule has 0 aliphatic carbocycles. The summed E-state index contributed by atoms with van der Waals surface area (Å²) in [7, 11) is 0. The van der Waals surface area contributed by atoms with Gasteiger partial charge in [0, 0.05) is 57.3 Å². The fourth-order valence-electron chi connectivity index (χ4n) is 10.9. The number of aromatic hydroxyl groups is 1. The van der Waals surface area contributed by atoms with Crippen molar-refractivity contribution in [1.82, 2.24) is 58.1 Å². The number of aliphatic hydroxyl groups excluding tert-OH is 1. The molecule has 0 spiro atoms. The first kappa shape index (κ1) is 74.1. The van der Waals surface area contributed by atoms with Crippen LogP contribution in [0.25, 0.3) is 10.8 Å². The topological polar surface area (TPSA) is 459 Å². The number of carbonyl (C=O) groups is 12. The van der Waals surface area contributed by atoms with Crippen molar-refractivity contribution in [3.8, 4) is 5.75 Å². The van der Waals surface area contributed by atoms with Crippen LogP contribution in [0, 0.1) is 5.92 Å². The Kier molecular flexibility index (Phi) is 28.1. The van der Waals surface area contributed by atoms with Crippen molar-refractivity contribution >= 4 is 99.2 Å². The normalized spacial score (nSPS) is 18.7. The van der Waals surface area contributed by atoms with Gasteiger partial charge in [0.2, 0.25) is 70.9 Å². The average molecular weight is 1340 g/mol. The summed E-state index contributed by atoms with van der Waals surface area (Å²) in [6.45, 7) is 5.10. The van der Waals surface area contributed by atoms with Gasteiger partial charge in [-0.2, -0.15) is 0 Å². The zero-order valence-corrected chi connectivity index (χ0v) is 54.2. The van der Waals surface area contributed by atoms with Crippen molar-refractivity contribution in [3.05, 3.63) is 113 Å². The van der Waals surface area contributed by atoms with Gasteiger partial charge in [0.05, 0.1) is 6.61 Å². The predicted molar refractivity (Wildman–Crippen MR) is 351 cm³/mol. The minimum Gasteiger partial charge on any atom is -0.508 e. The predicted octanol–water partition coefficient (Wildman–Crippen LogP) is -1.50. The fraction of sp³-hybridized carbons (Fsp3) is 0.462. The molecule has 6 rings (SSSR count). The number of nitrogens with one attached hydrogen (secondary N) is 10. The lowest BCUT2D eigenvalue weighted by Crippen LogP contribution is -2.61. The maximum atomic E-state index is 15.1. The number of fused-ring (bicyclic) bond motifs is 1. The van der Waals surface area contributed by atoms with Crippen LogP contribution in [0.3, 0.4) is 0 Å². The zero-order valence-electron chi connectivity index (χ0n) is 53.4. The molecule has 0 unspecified atom stereocenters. The number of nitrogens with two attached hydrogens (primary N) is 3. The molecule has 0 aromatic heterocycles. The monoisotopic (exact) mass is 1340 g/mol. The van der Waals surface area contributed by atoms with Gasteiger partial charge in [-0.3, -0.25) is 62.5 Å². The van der Waals surface area contributed by atoms with Gasteiger partial charge < -0.3 is 85.5 Å². The number of amides is 12. The Hall–Kier alpha value is -9.90. The third-order valence-electron chi connectivity index (χ3n) is 16.0. The Balaban J connectivity index is 1.28. The second-order valence-corrected chi connectivity index (χ2v) is 24.5. The highest BCUT2D eigenvalue weighted by Crippen LogP contribution is 2.22. The maximum Gasteiger partial charge on any atom is 0.245 e. The highest BCUT2D eigenvalue weighted by Gasteiger charge is 2.40. The molecule has 30 heteroatoms. The lowest BCUT2D eigenvalue weighted by Gasteiger charge is -2.31. The van der Waals surface area contributed by atoms with Crippen LogP contribution in [0.2, 0.25) is 5.02 Å². The van der Waals surface area contributed by atoms with E-state index in [1.165, 1.54) is 43.0 Å². The van der Waals surface area contributed by atoms with Crippen LogP contribution < -0.4 is 70.4 Å². The van der Waals surface area contributed by atoms with Gasteiger partial charge in [-0.15, -0.1) is 0 Å². The van der Waals surface area contributed by atoms with Gasteiger partial charge in [-0.05, 0) is 110 Å². The molecular weight excluding hydrogens is 1250 g/mol. The molecule has 2 heterocycles. The van der Waals surface area contributed by atoms with Gasteiger partial charge >= 0.3 is 0 Å². The fourth-order valence-corrected chi connectivity index (χ4v) is 11.0. The highest BCUT2D eigenvalue weighted by atomic mass is 35.5. The van der Waals surface area contributed by atoms with Gasteiger partial charge in [0.1, 0.15) is 66.2 Å². The van der Waals surface area contributed by atoms with E-state index >= 15 is 9.59 Å². The number of hydrogen-bond acceptors (Lipinski definition) is 15. The number of guanidine groups is 1. The van der Waals surface area contributed by atoms with E-state index < -0.39 is 138 Å². The van der Waals surface area contributed by atoms with Gasteiger partial charge in [0.25, 0.3) is 0 Å². The summed E-state index contributed by atoms with van der Waals surface area (Å²) in [5.41, 5.74) is 18.0. The summed E-state index contributed by atoms with van der Waals surface area (Å²) in [5.74, 6) is -10.2. The van der Waals surface area contributed by atoms with Gasteiger partial charge in [-0.25, -0.2) is 0 Å². The van der Waals surface area contributed by atoms with E-state index in [2.05, 4.69) is 58.2 Å². The summed E-state index contributed by atoms with van der Waals surface area (Å²) < 4.78 is 0. The molecule has 10 atom stereocenters. The van der Waals surface area contributed by atoms with Crippen LogP contribution in [-0.4, -0.2) is 179 Å². The molecular formula is C65H86ClN15O14. The van der Waals surface area contributed by atoms with Gasteiger partial charge in [0.15, 0.2) is 5.96 Å². The quantitative estimate of drug-likeness (QED) is 0.0175. The third kappa shape index (κ3) is 23.3. The van der Waals surface area contributed by atoms with Crippen LogP contribution in [0.5, 0.6) is 5.75 Å². The molecule has 4 aromatic carbocycles. The first-order chi connectivity index (χ1) is 45.2. The molecule has 4 aromatic rings. The first-order valence-corrected chi connectivity index (χ1v) is 31.8. The maximum absolute atomic E-state index is 15.1. The number of benzene rings is 4. The summed E-state index contributed by atoms with van der Waals surface area (Å²) >= 11 is 6.12. The van der Waals surface area contributed by atoms with Crippen LogP contribution in [0.1, 0.15) is 95.8 Å². The number of phenolic OH excluding ortho intramolecular Hbond substituents is 1. The Morgan fingerprint density at radius 3 is 1.91 bits per heavy atom. The molecule has 0 saturated carbocycles. The number of aliphatic hydroxyl groups is 1. The van der Waals surface area contributed by atoms with E-state index in [1.54, 1.807) is 44.2 Å². The Morgan fingerprint density at radius 2 is 1.27 bits per heavy atom. The SMILES string of the molecule is CC(=O)N[C@@H]1CCC(=O)NCC[C@H](C(=O)N[C@@H](CO)C(=O)N[C@@H](Cc2ccc(O)cc2)C(=O)N[C@H](Cc2ccc3ccccc3c2)C(=O)N[C@@H](CC(C)C)C(=O)N[C@@H](CCCN=C(N)N)C(=O)N2CCC[C@H]2C(=O)N[C@H](C)C(N)=O)NC(=O)[C@@H](Cc2ccc(Cl)cc2)NC1=O. The van der Waals surface area contributed by atoms with Crippen LogP contribution >= 0.6 is 11.6 Å². The number of hydrogen-bond donors (Lipinski definition) is 15. The number of carbonyl (C=O) groups excluding carboxylic acids is 12. The third-order valence-corrected chi connectivity index (χ3v) is 16.2. The van der Waals surface area contributed by atoms with Crippen LogP contribution in [0.4, 0.5) is 0 Å². The zero-order chi connectivity index (χ0) is 69.5. The number of aliphatic imine (C=N–C) groups is 1. The highest BCUT2D eigenvalue weighted by molar-refractivity contribution is 6.30. The molecule has 2 aliphatic rings. The number of rotatable bonds is 28. The number of phenols is 1. The van der Waals surface area contributed by atoms with Crippen molar-refractivity contribution in [1.29, 1.82) is 0 Å². The molecule has 0 radical (unpaired) electrons. The van der Waals surface area contributed by atoms with E-state index in [0.717, 1.165) is 10.8 Å². The van der Waals surface area contributed by atoms with Crippen molar-refractivity contribution in [3.63, 3.8) is 0 Å². The molecule has 2 saturated heterocycles. The Labute approximate surface area is 554 Å². The summed E-state index contributed by atoms with van der Waals surface area (Å²) in [4.78, 5) is 172. The second-order valence-electron chi connectivity index (χ2n) is 24.0. The standard InChI is InChI=1S/C65H86ClN15O14/c1-35(2)29-48(58(89)75-47(11-7-26-71-65(68)69)64(95)81-28-8-12-53(81)63(94)72-36(3)55(67)86)76-61(92)51(33-40-13-18-41-9-5-6-10-42(41)30-40)78-60(91)50(32-39-16-21-44(84)22-17-39)79-62(93)52(34-82)80-57(88)46-25-27-70-54(85)24-23-45(73-37(4)83)56(87)77-49(59(90)74-46)31-38-14-19-43(66)20-15-38/h5-6,9-10,13-22,30,35-36,45-53,82,84H,7-8,11-12,23-29,31-34H2,1-4H3,(H2,67,86)(H,70,85)(H,72,94)(H,73,83)(H,74,90)(H,75,89)(H,76,92)(H,77,87)(H,78,91)(H,79,93)(H,80,88)(H4,68,69,71)/t36-,45-,46-,47+,48+,49-,50+,51-,52+,53+/m1/s1. The number of primary amides is 1. The van der Waals surface area contributed by atoms with Crippen molar-refractivity contribution < 1.29 is 67.7 Å². The van der Waals surface area contributed by atoms with Crippen molar-refractivity contribution in [2.45, 2.75) is 159 Å². The molecule has 29 nitrogen and oxygen atoms in total. The lowest BCUT2D eigenvalue weighted by molar-refractivity contribution is -0.142. The molecule has 2 fully saturated rings. The number of halogens is 1. The van der Waals surface area contributed by atoms with E-state index in [0.29, 0.717) is 28.1 Å². The Bertz CT molecular complexity index is 3440. The van der Waals surface area contributed by atoms with Crippen LogP contribution in [-0.2, 0) is 76.8 Å². The van der Waals surface area contributed by atoms with E-state index in [4.69, 9.17) is 28.8 Å². The minimum atomic E-state index is -1.83. The number of nitrogens with zero attached hydrogens (tertiary/aromatic N) is 2. The smallest absolute Gasteiger partial charge is 0.245 e. The Morgan fingerprint density at radius 1 is 0.674 bits per heavy atom. The molecule has 12 amide bonds. The first-order valence-electron chi connectivity index (χ1n) is 31.4. The lowest BCUT2D eigenvalue weighted by atomic mass is 9.98. The molecule has 512 valence electrons. The molecule has 95 heavy (non-hydrogen) atoms. The minimum absolute atomic E-state index is 0.0107. The van der Waals surface area contributed by atoms with E-state index in [-0.39, 0.29) is 101 Å². The summed E-state index contributed by atoms with van der Waals surface area (Å²) in [6.07, 6.45) is -0.441. The summed E-state index contributed by atoms with van der Waals surface area (Å²) in [6, 6.07) is 11.0. The average Bonchev–Trinajstić information content (AvgIpc) is 1.82. The number of likely N-dealkylation sites (tertiary alicyclic amines) is 1. The summed E-state index contributed by atoms with van der Waals surface area (Å²) in [5, 5.41) is 49.2. The van der Waals surface area contributed by atoms with E-state index in [9.17, 15) is 58.2 Å². The molecule has 18 N–H and O–H groups in total.